The van der Waals surface area contributed by atoms with Crippen LogP contribution in [0.1, 0.15) is 303 Å². The van der Waals surface area contributed by atoms with Crippen LogP contribution in [0.15, 0.2) is 48.6 Å². The number of quaternary nitrogens is 1. The predicted octanol–water partition coefficient (Wildman–Crippen LogP) is 19.5. The van der Waals surface area contributed by atoms with E-state index in [1.807, 2.05) is 27.2 Å². The average Bonchev–Trinajstić information content (AvgIpc) is 3.35. The van der Waals surface area contributed by atoms with Gasteiger partial charge in [0.1, 0.15) is 13.2 Å². The highest BCUT2D eigenvalue weighted by Crippen LogP contribution is 2.43. The molecule has 0 spiro atoms. The molecule has 0 fully saturated rings. The fourth-order valence-electron chi connectivity index (χ4n) is 9.35. The molecule has 3 unspecified atom stereocenters. The van der Waals surface area contributed by atoms with Gasteiger partial charge in [0.2, 0.25) is 5.91 Å². The van der Waals surface area contributed by atoms with Gasteiger partial charge in [0.15, 0.2) is 0 Å². The number of nitrogens with zero attached hydrogens (tertiary/aromatic N) is 1. The number of unbranched alkanes of at least 4 members (excludes halogenated alkanes) is 39. The van der Waals surface area contributed by atoms with Crippen molar-refractivity contribution in [2.45, 2.75) is 315 Å². The van der Waals surface area contributed by atoms with Gasteiger partial charge in [-0.25, -0.2) is 4.57 Å². The van der Waals surface area contributed by atoms with E-state index in [2.05, 4.69) is 55.6 Å². The van der Waals surface area contributed by atoms with Gasteiger partial charge in [0, 0.05) is 6.42 Å². The number of hydrogen-bond donors (Lipinski definition) is 3. The van der Waals surface area contributed by atoms with Crippen LogP contribution in [0.25, 0.3) is 0 Å². The summed E-state index contributed by atoms with van der Waals surface area (Å²) in [4.78, 5) is 23.2. The van der Waals surface area contributed by atoms with E-state index < -0.39 is 20.0 Å². The van der Waals surface area contributed by atoms with Crippen LogP contribution < -0.4 is 5.32 Å². The van der Waals surface area contributed by atoms with Gasteiger partial charge in [-0.2, -0.15) is 0 Å². The van der Waals surface area contributed by atoms with E-state index in [1.165, 1.54) is 231 Å². The van der Waals surface area contributed by atoms with E-state index >= 15 is 0 Å². The maximum atomic E-state index is 12.9. The van der Waals surface area contributed by atoms with Gasteiger partial charge in [-0.3, -0.25) is 13.8 Å². The summed E-state index contributed by atoms with van der Waals surface area (Å²) in [6, 6.07) is -0.843. The lowest BCUT2D eigenvalue weighted by atomic mass is 10.0. The van der Waals surface area contributed by atoms with Crippen LogP contribution in [-0.2, 0) is 18.4 Å². The molecule has 73 heavy (non-hydrogen) atoms. The number of allylic oxidation sites excluding steroid dienone is 7. The van der Waals surface area contributed by atoms with Crippen LogP contribution in [-0.4, -0.2) is 73.4 Å². The quantitative estimate of drug-likeness (QED) is 0.0243. The van der Waals surface area contributed by atoms with Crippen molar-refractivity contribution >= 4 is 13.7 Å². The SMILES string of the molecule is CCCCCCC/C=C\C/C=C\C/C=C\CCCCCCCCCCCCCCCCCCCCCCCCCCCCC(=O)NC(COP(=O)(O)OCC[N+](C)(C)C)C(O)/C=C/CCCCCCCCCC. The number of carbonyl (C=O) groups excluding carboxylic acids is 1. The largest absolute Gasteiger partial charge is 0.472 e. The highest BCUT2D eigenvalue weighted by Gasteiger charge is 2.27. The fourth-order valence-corrected chi connectivity index (χ4v) is 10.1. The van der Waals surface area contributed by atoms with Gasteiger partial charge in [-0.1, -0.05) is 287 Å². The summed E-state index contributed by atoms with van der Waals surface area (Å²) in [7, 11) is 1.58. The zero-order chi connectivity index (χ0) is 53.5. The van der Waals surface area contributed by atoms with E-state index in [1.54, 1.807) is 6.08 Å². The Bertz CT molecular complexity index is 1330. The number of likely N-dealkylation sites (N-methyl/N-ethyl adjacent to an activating group) is 1. The molecule has 0 aromatic rings. The molecule has 0 saturated heterocycles. The third-order valence-electron chi connectivity index (χ3n) is 14.3. The van der Waals surface area contributed by atoms with Gasteiger partial charge >= 0.3 is 7.82 Å². The summed E-state index contributed by atoms with van der Waals surface area (Å²) in [6.45, 7) is 4.80. The second kappa shape index (κ2) is 55.2. The lowest BCUT2D eigenvalue weighted by Crippen LogP contribution is -2.45. The van der Waals surface area contributed by atoms with Crippen LogP contribution >= 0.6 is 7.82 Å². The highest BCUT2D eigenvalue weighted by molar-refractivity contribution is 7.47. The molecule has 0 aliphatic heterocycles. The number of aliphatic hydroxyl groups excluding tert-OH is 1. The zero-order valence-electron chi connectivity index (χ0n) is 49.1. The lowest BCUT2D eigenvalue weighted by Gasteiger charge is -2.25. The number of hydrogen-bond acceptors (Lipinski definition) is 5. The number of amides is 1. The minimum atomic E-state index is -4.34. The summed E-state index contributed by atoms with van der Waals surface area (Å²) in [5, 5.41) is 13.9. The Hall–Kier alpha value is -1.54. The summed E-state index contributed by atoms with van der Waals surface area (Å²) < 4.78 is 23.6. The van der Waals surface area contributed by atoms with Gasteiger partial charge in [-0.15, -0.1) is 0 Å². The molecule has 430 valence electrons. The molecule has 0 rings (SSSR count). The van der Waals surface area contributed by atoms with E-state index in [0.717, 1.165) is 51.4 Å². The van der Waals surface area contributed by atoms with E-state index in [0.29, 0.717) is 17.4 Å². The molecule has 9 heteroatoms. The number of aliphatic hydroxyl groups is 1. The van der Waals surface area contributed by atoms with E-state index in [-0.39, 0.29) is 19.1 Å². The molecule has 8 nitrogen and oxygen atoms in total. The first-order chi connectivity index (χ1) is 35.5. The van der Waals surface area contributed by atoms with Crippen molar-refractivity contribution in [3.05, 3.63) is 48.6 Å². The Morgan fingerprint density at radius 2 is 0.781 bits per heavy atom. The van der Waals surface area contributed by atoms with Gasteiger partial charge in [0.05, 0.1) is 39.9 Å². The van der Waals surface area contributed by atoms with Crippen LogP contribution in [0.3, 0.4) is 0 Å². The van der Waals surface area contributed by atoms with Crippen molar-refractivity contribution in [2.75, 3.05) is 40.9 Å². The second-order valence-electron chi connectivity index (χ2n) is 22.8. The Balaban J connectivity index is 3.79. The Morgan fingerprint density at radius 3 is 1.14 bits per heavy atom. The molecule has 0 aliphatic carbocycles. The number of rotatable bonds is 58. The van der Waals surface area contributed by atoms with Crippen molar-refractivity contribution in [1.82, 2.24) is 5.32 Å². The van der Waals surface area contributed by atoms with Crippen LogP contribution in [0.5, 0.6) is 0 Å². The van der Waals surface area contributed by atoms with Crippen LogP contribution in [0.4, 0.5) is 0 Å². The van der Waals surface area contributed by atoms with Gasteiger partial charge in [0.25, 0.3) is 0 Å². The molecule has 3 atom stereocenters. The molecular formula is C64H124N2O6P+. The molecule has 0 aliphatic rings. The first kappa shape index (κ1) is 71.5. The predicted molar refractivity (Wildman–Crippen MR) is 318 cm³/mol. The standard InChI is InChI=1S/C64H123N2O6P/c1-6-8-10-12-14-16-18-19-20-21-22-23-24-25-26-27-28-29-30-31-32-33-34-35-36-37-38-39-40-41-42-43-44-45-46-47-48-50-52-54-56-58-64(68)65-62(61-72-73(69,70)71-60-59-66(3,4)5)63(67)57-55-53-51-49-17-15-13-11-9-7-2/h18-19,21-22,24-25,55,57,62-63,67H,6-17,20,23,26-54,56,58-61H2,1-5H3,(H-,65,68,69,70)/p+1/b19-18-,22-21-,25-24-,57-55+. The highest BCUT2D eigenvalue weighted by atomic mass is 31.2. The average molecular weight is 1050 g/mol. The van der Waals surface area contributed by atoms with E-state index in [9.17, 15) is 19.4 Å². The smallest absolute Gasteiger partial charge is 0.387 e. The van der Waals surface area contributed by atoms with Crippen molar-refractivity contribution in [1.29, 1.82) is 0 Å². The first-order valence-corrected chi connectivity index (χ1v) is 33.0. The van der Waals surface area contributed by atoms with Gasteiger partial charge in [-0.05, 0) is 57.8 Å². The lowest BCUT2D eigenvalue weighted by molar-refractivity contribution is -0.870. The van der Waals surface area contributed by atoms with Crippen molar-refractivity contribution in [2.24, 2.45) is 0 Å². The summed E-state index contributed by atoms with van der Waals surface area (Å²) >= 11 is 0. The third-order valence-corrected chi connectivity index (χ3v) is 15.3. The molecular weight excluding hydrogens is 924 g/mol. The van der Waals surface area contributed by atoms with Crippen molar-refractivity contribution in [3.8, 4) is 0 Å². The topological polar surface area (TPSA) is 105 Å². The van der Waals surface area contributed by atoms with Gasteiger partial charge < -0.3 is 19.8 Å². The normalized spacial score (nSPS) is 14.1. The third kappa shape index (κ3) is 58.0. The molecule has 0 radical (unpaired) electrons. The minimum absolute atomic E-state index is 0.0628. The summed E-state index contributed by atoms with van der Waals surface area (Å²) in [6.07, 6.45) is 74.1. The Morgan fingerprint density at radius 1 is 0.466 bits per heavy atom. The van der Waals surface area contributed by atoms with Crippen LogP contribution in [0.2, 0.25) is 0 Å². The first-order valence-electron chi connectivity index (χ1n) is 31.5. The molecule has 0 aromatic heterocycles. The van der Waals surface area contributed by atoms with Crippen molar-refractivity contribution < 1.29 is 32.9 Å². The molecule has 0 bridgehead atoms. The van der Waals surface area contributed by atoms with Crippen molar-refractivity contribution in [3.63, 3.8) is 0 Å². The number of phosphoric ester groups is 1. The molecule has 1 amide bonds. The summed E-state index contributed by atoms with van der Waals surface area (Å²) in [5.74, 6) is -0.174. The molecule has 3 N–H and O–H groups in total. The Kier molecular flexibility index (Phi) is 54.1. The number of phosphoric acid groups is 1. The molecule has 0 aromatic carbocycles. The second-order valence-corrected chi connectivity index (χ2v) is 24.2. The summed E-state index contributed by atoms with van der Waals surface area (Å²) in [5.41, 5.74) is 0. The van der Waals surface area contributed by atoms with Crippen LogP contribution in [0, 0.1) is 0 Å². The molecule has 0 heterocycles. The van der Waals surface area contributed by atoms with E-state index in [4.69, 9.17) is 9.05 Å². The Labute approximate surface area is 454 Å². The number of carbonyl (C=O) groups is 1. The number of nitrogens with one attached hydrogen (secondary N) is 1. The monoisotopic (exact) mass is 1050 g/mol. The minimum Gasteiger partial charge on any atom is -0.387 e. The zero-order valence-corrected chi connectivity index (χ0v) is 50.0. The molecule has 0 saturated carbocycles. The maximum absolute atomic E-state index is 12.9. The maximum Gasteiger partial charge on any atom is 0.472 e. The fraction of sp³-hybridized carbons (Fsp3) is 0.859.